The average Bonchev–Trinajstić information content (AvgIpc) is 3.25. The van der Waals surface area contributed by atoms with Gasteiger partial charge in [-0.05, 0) is 68.7 Å². The lowest BCUT2D eigenvalue weighted by molar-refractivity contribution is 0.0845. The summed E-state index contributed by atoms with van der Waals surface area (Å²) in [5.41, 5.74) is 1.27. The standard InChI is InChI=1S/C22H25N3O6S/c1-22(2)10-9-14-11-16(6-8-17(14)30-22)32(26,27)23-13-20-24-21(25-31-20)15-5-7-18(28-3)19(12-15)29-4/h5-8,11-12,23H,9-10,13H2,1-4H3. The van der Waals surface area contributed by atoms with Crippen molar-refractivity contribution >= 4 is 10.0 Å². The Hall–Kier alpha value is -3.11. The van der Waals surface area contributed by atoms with E-state index in [1.807, 2.05) is 13.8 Å². The molecule has 1 aliphatic heterocycles. The van der Waals surface area contributed by atoms with Crippen molar-refractivity contribution in [3.8, 4) is 28.6 Å². The first-order valence-corrected chi connectivity index (χ1v) is 11.6. The SMILES string of the molecule is COc1ccc(-c2noc(CNS(=O)(=O)c3ccc4c(c3)CCC(C)(C)O4)n2)cc1OC. The number of aromatic nitrogens is 2. The fourth-order valence-electron chi connectivity index (χ4n) is 3.46. The molecule has 0 fully saturated rings. The van der Waals surface area contributed by atoms with Gasteiger partial charge in [-0.15, -0.1) is 0 Å². The van der Waals surface area contributed by atoms with Crippen molar-refractivity contribution in [2.75, 3.05) is 14.2 Å². The molecule has 3 aromatic rings. The number of aryl methyl sites for hydroxylation is 1. The van der Waals surface area contributed by atoms with Crippen molar-refractivity contribution in [3.63, 3.8) is 0 Å². The Morgan fingerprint density at radius 2 is 1.88 bits per heavy atom. The van der Waals surface area contributed by atoms with Crippen LogP contribution in [-0.4, -0.2) is 38.4 Å². The highest BCUT2D eigenvalue weighted by Crippen LogP contribution is 2.34. The highest BCUT2D eigenvalue weighted by atomic mass is 32.2. The second-order valence-corrected chi connectivity index (χ2v) is 9.80. The number of methoxy groups -OCH3 is 2. The fourth-order valence-corrected chi connectivity index (χ4v) is 4.49. The molecule has 10 heteroatoms. The zero-order valence-electron chi connectivity index (χ0n) is 18.3. The maximum absolute atomic E-state index is 12.8. The lowest BCUT2D eigenvalue weighted by Gasteiger charge is -2.32. The van der Waals surface area contributed by atoms with Crippen molar-refractivity contribution in [1.82, 2.24) is 14.9 Å². The number of fused-ring (bicyclic) bond motifs is 1. The number of sulfonamides is 1. The maximum atomic E-state index is 12.8. The molecule has 0 aliphatic carbocycles. The molecule has 2 aromatic carbocycles. The first-order valence-electron chi connectivity index (χ1n) is 10.1. The van der Waals surface area contributed by atoms with E-state index in [9.17, 15) is 8.42 Å². The van der Waals surface area contributed by atoms with E-state index in [0.29, 0.717) is 22.9 Å². The van der Waals surface area contributed by atoms with Crippen LogP contribution in [0.5, 0.6) is 17.2 Å². The van der Waals surface area contributed by atoms with Gasteiger partial charge in [0, 0.05) is 5.56 Å². The van der Waals surface area contributed by atoms with Crippen LogP contribution in [0, 0.1) is 0 Å². The summed E-state index contributed by atoms with van der Waals surface area (Å²) in [7, 11) is -0.684. The Morgan fingerprint density at radius 3 is 2.62 bits per heavy atom. The van der Waals surface area contributed by atoms with Crippen LogP contribution < -0.4 is 18.9 Å². The quantitative estimate of drug-likeness (QED) is 0.572. The van der Waals surface area contributed by atoms with Crippen molar-refractivity contribution in [2.45, 2.75) is 43.7 Å². The molecule has 2 heterocycles. The van der Waals surface area contributed by atoms with E-state index in [1.54, 1.807) is 37.4 Å². The lowest BCUT2D eigenvalue weighted by Crippen LogP contribution is -2.32. The lowest BCUT2D eigenvalue weighted by atomic mass is 9.94. The normalized spacial score (nSPS) is 15.0. The summed E-state index contributed by atoms with van der Waals surface area (Å²) >= 11 is 0. The molecule has 0 bridgehead atoms. The Labute approximate surface area is 186 Å². The maximum Gasteiger partial charge on any atom is 0.242 e. The van der Waals surface area contributed by atoms with E-state index >= 15 is 0 Å². The summed E-state index contributed by atoms with van der Waals surface area (Å²) in [6.07, 6.45) is 1.57. The molecule has 0 atom stereocenters. The summed E-state index contributed by atoms with van der Waals surface area (Å²) < 4.78 is 49.7. The van der Waals surface area contributed by atoms with Gasteiger partial charge >= 0.3 is 0 Å². The van der Waals surface area contributed by atoms with Gasteiger partial charge in [-0.25, -0.2) is 13.1 Å². The largest absolute Gasteiger partial charge is 0.493 e. The van der Waals surface area contributed by atoms with E-state index in [4.69, 9.17) is 18.7 Å². The summed E-state index contributed by atoms with van der Waals surface area (Å²) in [6, 6.07) is 10.1. The van der Waals surface area contributed by atoms with Gasteiger partial charge in [0.1, 0.15) is 11.4 Å². The molecular weight excluding hydrogens is 434 g/mol. The van der Waals surface area contributed by atoms with Gasteiger partial charge in [-0.3, -0.25) is 0 Å². The minimum absolute atomic E-state index is 0.136. The van der Waals surface area contributed by atoms with Crippen molar-refractivity contribution in [1.29, 1.82) is 0 Å². The fraction of sp³-hybridized carbons (Fsp3) is 0.364. The summed E-state index contributed by atoms with van der Waals surface area (Å²) in [5.74, 6) is 2.27. The van der Waals surface area contributed by atoms with E-state index in [2.05, 4.69) is 14.9 Å². The zero-order valence-corrected chi connectivity index (χ0v) is 19.2. The number of hydrogen-bond acceptors (Lipinski definition) is 8. The van der Waals surface area contributed by atoms with E-state index in [-0.39, 0.29) is 22.9 Å². The van der Waals surface area contributed by atoms with Gasteiger partial charge in [0.05, 0.1) is 25.7 Å². The average molecular weight is 460 g/mol. The zero-order chi connectivity index (χ0) is 22.9. The molecule has 4 rings (SSSR count). The van der Waals surface area contributed by atoms with Crippen LogP contribution >= 0.6 is 0 Å². The molecule has 1 N–H and O–H groups in total. The molecule has 0 radical (unpaired) electrons. The molecule has 0 unspecified atom stereocenters. The Balaban J connectivity index is 1.47. The topological polar surface area (TPSA) is 113 Å². The van der Waals surface area contributed by atoms with Crippen LogP contribution in [0.3, 0.4) is 0 Å². The molecule has 9 nitrogen and oxygen atoms in total. The van der Waals surface area contributed by atoms with Crippen LogP contribution in [0.25, 0.3) is 11.4 Å². The summed E-state index contributed by atoms with van der Waals surface area (Å²) in [6.45, 7) is 3.90. The van der Waals surface area contributed by atoms with E-state index < -0.39 is 10.0 Å². The van der Waals surface area contributed by atoms with E-state index in [1.165, 1.54) is 13.2 Å². The number of nitrogens with one attached hydrogen (secondary N) is 1. The third kappa shape index (κ3) is 4.56. The summed E-state index contributed by atoms with van der Waals surface area (Å²) in [5, 5.41) is 3.93. The van der Waals surface area contributed by atoms with Gasteiger partial charge < -0.3 is 18.7 Å². The van der Waals surface area contributed by atoms with Crippen LogP contribution in [0.2, 0.25) is 0 Å². The minimum Gasteiger partial charge on any atom is -0.493 e. The van der Waals surface area contributed by atoms with Crippen molar-refractivity contribution < 1.29 is 27.2 Å². The molecule has 1 aliphatic rings. The molecule has 170 valence electrons. The number of benzene rings is 2. The monoisotopic (exact) mass is 459 g/mol. The Bertz CT molecular complexity index is 1240. The van der Waals surface area contributed by atoms with Gasteiger partial charge in [0.25, 0.3) is 0 Å². The number of hydrogen-bond donors (Lipinski definition) is 1. The van der Waals surface area contributed by atoms with Crippen LogP contribution in [0.1, 0.15) is 31.7 Å². The number of nitrogens with zero attached hydrogens (tertiary/aromatic N) is 2. The number of ether oxygens (including phenoxy) is 3. The first kappa shape index (κ1) is 22.1. The molecule has 32 heavy (non-hydrogen) atoms. The predicted molar refractivity (Wildman–Crippen MR) is 116 cm³/mol. The Kier molecular flexibility index (Phi) is 5.83. The third-order valence-electron chi connectivity index (χ3n) is 5.25. The molecule has 1 aromatic heterocycles. The Morgan fingerprint density at radius 1 is 1.09 bits per heavy atom. The van der Waals surface area contributed by atoms with Crippen LogP contribution in [0.4, 0.5) is 0 Å². The van der Waals surface area contributed by atoms with Crippen molar-refractivity contribution in [2.24, 2.45) is 0 Å². The molecule has 0 amide bonds. The van der Waals surface area contributed by atoms with Crippen molar-refractivity contribution in [3.05, 3.63) is 47.9 Å². The van der Waals surface area contributed by atoms with Crippen LogP contribution in [-0.2, 0) is 23.0 Å². The predicted octanol–water partition coefficient (Wildman–Crippen LogP) is 3.34. The molecular formula is C22H25N3O6S. The van der Waals surface area contributed by atoms with Gasteiger partial charge in [-0.2, -0.15) is 4.98 Å². The number of rotatable bonds is 7. The second kappa shape index (κ2) is 8.44. The van der Waals surface area contributed by atoms with Crippen LogP contribution in [0.15, 0.2) is 45.8 Å². The molecule has 0 spiro atoms. The molecule has 0 saturated carbocycles. The minimum atomic E-state index is -3.77. The second-order valence-electron chi connectivity index (χ2n) is 8.04. The summed E-state index contributed by atoms with van der Waals surface area (Å²) in [4.78, 5) is 4.44. The van der Waals surface area contributed by atoms with E-state index in [0.717, 1.165) is 24.2 Å². The smallest absolute Gasteiger partial charge is 0.242 e. The highest BCUT2D eigenvalue weighted by molar-refractivity contribution is 7.89. The first-order chi connectivity index (χ1) is 15.2. The van der Waals surface area contributed by atoms with Gasteiger partial charge in [0.2, 0.25) is 21.7 Å². The third-order valence-corrected chi connectivity index (χ3v) is 6.65. The molecule has 0 saturated heterocycles. The van der Waals surface area contributed by atoms with Gasteiger partial charge in [-0.1, -0.05) is 5.16 Å². The van der Waals surface area contributed by atoms with Gasteiger partial charge in [0.15, 0.2) is 11.5 Å². The highest BCUT2D eigenvalue weighted by Gasteiger charge is 2.28.